The normalized spacial score (nSPS) is 55.1. The van der Waals surface area contributed by atoms with Gasteiger partial charge in [0.1, 0.15) is 0 Å². The molecule has 11 unspecified atom stereocenters. The summed E-state index contributed by atoms with van der Waals surface area (Å²) >= 11 is 13.3. The lowest BCUT2D eigenvalue weighted by Crippen LogP contribution is -2.65. The molecule has 3 aliphatic carbocycles. The van der Waals surface area contributed by atoms with E-state index in [9.17, 15) is 9.90 Å². The predicted molar refractivity (Wildman–Crippen MR) is 125 cm³/mol. The summed E-state index contributed by atoms with van der Waals surface area (Å²) in [6.07, 6.45) is 3.38. The maximum absolute atomic E-state index is 14.1. The van der Waals surface area contributed by atoms with Crippen molar-refractivity contribution in [2.75, 3.05) is 21.3 Å². The smallest absolute Gasteiger partial charge is 0.175 e. The minimum absolute atomic E-state index is 0.0508. The van der Waals surface area contributed by atoms with Gasteiger partial charge in [0, 0.05) is 51.1 Å². The fourth-order valence-corrected chi connectivity index (χ4v) is 8.75. The van der Waals surface area contributed by atoms with Crippen LogP contribution in [0.25, 0.3) is 0 Å². The van der Waals surface area contributed by atoms with Gasteiger partial charge in [0.05, 0.1) is 35.7 Å². The van der Waals surface area contributed by atoms with E-state index in [2.05, 4.69) is 17.5 Å². The number of hydrogen-bond acceptors (Lipinski definition) is 7. The molecular formula is C24H38Cl2N2O5. The summed E-state index contributed by atoms with van der Waals surface area (Å²) in [7, 11) is 5.30. The molecule has 188 valence electrons. The number of ketones is 1. The molecule has 0 radical (unpaired) electrons. The Morgan fingerprint density at radius 3 is 2.55 bits per heavy atom. The van der Waals surface area contributed by atoms with E-state index in [0.29, 0.717) is 12.3 Å². The molecule has 5 rings (SSSR count). The van der Waals surface area contributed by atoms with Crippen LogP contribution in [-0.2, 0) is 19.0 Å². The number of hydrazine groups is 1. The number of ether oxygens (including phenoxy) is 3. The molecule has 3 saturated carbocycles. The second-order valence-electron chi connectivity index (χ2n) is 11.0. The van der Waals surface area contributed by atoms with Crippen molar-refractivity contribution in [1.82, 2.24) is 10.4 Å². The van der Waals surface area contributed by atoms with Crippen molar-refractivity contribution in [2.24, 2.45) is 23.7 Å². The van der Waals surface area contributed by atoms with E-state index in [1.165, 1.54) is 0 Å². The molecule has 33 heavy (non-hydrogen) atoms. The largest absolute Gasteiger partial charge is 0.389 e. The molecule has 9 heteroatoms. The van der Waals surface area contributed by atoms with Crippen molar-refractivity contribution >= 4 is 29.0 Å². The van der Waals surface area contributed by atoms with Crippen LogP contribution in [0.5, 0.6) is 0 Å². The van der Waals surface area contributed by atoms with Crippen LogP contribution in [0.1, 0.15) is 45.4 Å². The molecular weight excluding hydrogens is 467 g/mol. The van der Waals surface area contributed by atoms with Crippen LogP contribution in [0.4, 0.5) is 0 Å². The minimum Gasteiger partial charge on any atom is -0.389 e. The Morgan fingerprint density at radius 1 is 1.15 bits per heavy atom. The summed E-state index contributed by atoms with van der Waals surface area (Å²) in [5.41, 5.74) is 2.33. The van der Waals surface area contributed by atoms with Crippen LogP contribution in [-0.4, -0.2) is 90.0 Å². The Morgan fingerprint density at radius 2 is 1.88 bits per heavy atom. The number of aliphatic hydroxyl groups excluding tert-OH is 1. The van der Waals surface area contributed by atoms with Crippen LogP contribution >= 0.6 is 23.2 Å². The first-order chi connectivity index (χ1) is 15.7. The van der Waals surface area contributed by atoms with Gasteiger partial charge in [-0.3, -0.25) is 10.2 Å². The maximum atomic E-state index is 14.1. The molecule has 0 aromatic heterocycles. The van der Waals surface area contributed by atoms with E-state index in [-0.39, 0.29) is 47.3 Å². The summed E-state index contributed by atoms with van der Waals surface area (Å²) < 4.78 is 18.0. The molecule has 5 aliphatic rings. The lowest BCUT2D eigenvalue weighted by atomic mass is 9.60. The third kappa shape index (κ3) is 3.64. The standard InChI is InChI=1S/C24H38Cl2N2O5/c1-11-8-14-17(20(28(2)27-14)12-6-5-7-13(25)9-12)22(29)24(11)23(30)18-15(31-3)10-16(32-4)19(26)21(18)33-24/h11-22,27,29H,5-10H2,1-4H3/t11-,12?,13?,14?,15?,16?,17?,18?,19?,20?,21?,22?,24+/m1/s1. The lowest BCUT2D eigenvalue weighted by molar-refractivity contribution is -0.195. The predicted octanol–water partition coefficient (Wildman–Crippen LogP) is 2.35. The summed E-state index contributed by atoms with van der Waals surface area (Å²) in [6, 6.07) is 0.203. The van der Waals surface area contributed by atoms with Crippen molar-refractivity contribution in [3.63, 3.8) is 0 Å². The number of aliphatic hydroxyl groups is 1. The highest BCUT2D eigenvalue weighted by Gasteiger charge is 2.71. The number of nitrogens with zero attached hydrogens (tertiary/aromatic N) is 1. The second kappa shape index (κ2) is 9.15. The number of methoxy groups -OCH3 is 2. The van der Waals surface area contributed by atoms with Gasteiger partial charge >= 0.3 is 0 Å². The zero-order valence-electron chi connectivity index (χ0n) is 20.0. The molecule has 5 fully saturated rings. The highest BCUT2D eigenvalue weighted by Crippen LogP contribution is 2.55. The first-order valence-electron chi connectivity index (χ1n) is 12.5. The SMILES string of the molecule is COC1CC(OC)C2C(=O)[C@@]3(OC2C1Cl)C(O)C1C(C[C@H]3C)NN(C)C1C1CCCC(Cl)C1. The summed E-state index contributed by atoms with van der Waals surface area (Å²) in [6.45, 7) is 2.03. The zero-order chi connectivity index (χ0) is 23.7. The van der Waals surface area contributed by atoms with E-state index < -0.39 is 29.1 Å². The van der Waals surface area contributed by atoms with Crippen molar-refractivity contribution in [2.45, 2.75) is 98.3 Å². The summed E-state index contributed by atoms with van der Waals surface area (Å²) in [5, 5.41) is 13.9. The first-order valence-corrected chi connectivity index (χ1v) is 13.3. The van der Waals surface area contributed by atoms with E-state index in [4.69, 9.17) is 37.4 Å². The highest BCUT2D eigenvalue weighted by atomic mass is 35.5. The number of nitrogens with one attached hydrogen (secondary N) is 1. The minimum atomic E-state index is -1.27. The monoisotopic (exact) mass is 504 g/mol. The van der Waals surface area contributed by atoms with Gasteiger partial charge in [-0.2, -0.15) is 0 Å². The fourth-order valence-electron chi connectivity index (χ4n) is 7.96. The number of rotatable bonds is 3. The number of fused-ring (bicyclic) bond motifs is 2. The van der Waals surface area contributed by atoms with Crippen molar-refractivity contribution in [1.29, 1.82) is 0 Å². The van der Waals surface area contributed by atoms with Crippen LogP contribution < -0.4 is 5.43 Å². The van der Waals surface area contributed by atoms with Gasteiger partial charge in [0.25, 0.3) is 0 Å². The van der Waals surface area contributed by atoms with Crippen LogP contribution in [0.2, 0.25) is 0 Å². The molecule has 2 saturated heterocycles. The molecule has 7 nitrogen and oxygen atoms in total. The third-order valence-electron chi connectivity index (χ3n) is 9.47. The van der Waals surface area contributed by atoms with E-state index >= 15 is 0 Å². The van der Waals surface area contributed by atoms with Crippen LogP contribution in [0.15, 0.2) is 0 Å². The Hall–Kier alpha value is 0.01000. The topological polar surface area (TPSA) is 80.3 Å². The molecule has 2 aliphatic heterocycles. The molecule has 13 atom stereocenters. The van der Waals surface area contributed by atoms with E-state index in [1.807, 2.05) is 6.92 Å². The van der Waals surface area contributed by atoms with Crippen LogP contribution in [0.3, 0.4) is 0 Å². The molecule has 0 aromatic carbocycles. The Kier molecular flexibility index (Phi) is 6.84. The maximum Gasteiger partial charge on any atom is 0.175 e. The molecule has 0 bridgehead atoms. The second-order valence-corrected chi connectivity index (χ2v) is 12.1. The molecule has 2 N–H and O–H groups in total. The van der Waals surface area contributed by atoms with E-state index in [1.54, 1.807) is 14.2 Å². The number of alkyl halides is 2. The molecule has 1 spiro atoms. The van der Waals surface area contributed by atoms with Crippen molar-refractivity contribution in [3.8, 4) is 0 Å². The van der Waals surface area contributed by atoms with Crippen molar-refractivity contribution < 1.29 is 24.1 Å². The van der Waals surface area contributed by atoms with Gasteiger partial charge in [0.2, 0.25) is 0 Å². The van der Waals surface area contributed by atoms with Gasteiger partial charge in [-0.15, -0.1) is 23.2 Å². The Bertz CT molecular complexity index is 760. The summed E-state index contributed by atoms with van der Waals surface area (Å²) in [5.74, 6) is -0.440. The fraction of sp³-hybridized carbons (Fsp3) is 0.958. The Balaban J connectivity index is 1.49. The molecule has 0 aromatic rings. The van der Waals surface area contributed by atoms with Gasteiger partial charge in [-0.25, -0.2) is 5.01 Å². The molecule has 2 heterocycles. The van der Waals surface area contributed by atoms with Gasteiger partial charge in [-0.1, -0.05) is 13.3 Å². The average Bonchev–Trinajstić information content (AvgIpc) is 3.28. The first kappa shape index (κ1) is 24.7. The number of Topliss-reactive ketones (excluding diaryl/α,β-unsaturated/α-hetero) is 1. The quantitative estimate of drug-likeness (QED) is 0.570. The third-order valence-corrected chi connectivity index (χ3v) is 10.4. The zero-order valence-corrected chi connectivity index (χ0v) is 21.5. The van der Waals surface area contributed by atoms with E-state index in [0.717, 1.165) is 32.1 Å². The number of hydrogen-bond donors (Lipinski definition) is 2. The average molecular weight is 505 g/mol. The number of carbonyl (C=O) groups excluding carboxylic acids is 1. The van der Waals surface area contributed by atoms with Crippen LogP contribution in [0, 0.1) is 23.7 Å². The van der Waals surface area contributed by atoms with Gasteiger partial charge in [0.15, 0.2) is 11.4 Å². The molecule has 0 amide bonds. The van der Waals surface area contributed by atoms with Crippen molar-refractivity contribution in [3.05, 3.63) is 0 Å². The van der Waals surface area contributed by atoms with Gasteiger partial charge in [-0.05, 0) is 37.5 Å². The summed E-state index contributed by atoms with van der Waals surface area (Å²) in [4.78, 5) is 14.1. The Labute approximate surface area is 206 Å². The number of halogens is 2. The lowest BCUT2D eigenvalue weighted by Gasteiger charge is -2.49. The van der Waals surface area contributed by atoms with Gasteiger partial charge < -0.3 is 19.3 Å². The number of carbonyl (C=O) groups is 1. The highest BCUT2D eigenvalue weighted by molar-refractivity contribution is 6.22.